The number of para-hydroxylation sites is 2. The minimum Gasteiger partial charge on any atom is -0.315 e. The summed E-state index contributed by atoms with van der Waals surface area (Å²) in [6.45, 7) is 1.87. The van der Waals surface area contributed by atoms with E-state index in [9.17, 15) is 4.79 Å². The lowest BCUT2D eigenvalue weighted by Crippen LogP contribution is -2.27. The molecule has 4 nitrogen and oxygen atoms in total. The van der Waals surface area contributed by atoms with Crippen molar-refractivity contribution in [2.24, 2.45) is 0 Å². The van der Waals surface area contributed by atoms with E-state index in [1.807, 2.05) is 61.5 Å². The lowest BCUT2D eigenvalue weighted by molar-refractivity contribution is -0.115. The van der Waals surface area contributed by atoms with Gasteiger partial charge in [-0.1, -0.05) is 48.2 Å². The number of hydrogen-bond acceptors (Lipinski definition) is 4. The Kier molecular flexibility index (Phi) is 4.57. The Morgan fingerprint density at radius 2 is 1.74 bits per heavy atom. The van der Waals surface area contributed by atoms with E-state index in [0.29, 0.717) is 5.75 Å². The number of hydrogen-bond donors (Lipinski definition) is 0. The first-order valence-electron chi connectivity index (χ1n) is 7.33. The van der Waals surface area contributed by atoms with Crippen LogP contribution in [0, 0.1) is 6.92 Å². The maximum absolute atomic E-state index is 12.4. The second kappa shape index (κ2) is 6.79. The average Bonchev–Trinajstić information content (AvgIpc) is 2.59. The maximum Gasteiger partial charge on any atom is 0.237 e. The van der Waals surface area contributed by atoms with Gasteiger partial charge in [0.2, 0.25) is 5.91 Å². The molecule has 1 heterocycles. The number of aromatic nitrogens is 2. The van der Waals surface area contributed by atoms with Crippen LogP contribution < -0.4 is 4.90 Å². The molecule has 5 heteroatoms. The summed E-state index contributed by atoms with van der Waals surface area (Å²) in [5.74, 6) is 1.10. The first-order valence-corrected chi connectivity index (χ1v) is 8.31. The van der Waals surface area contributed by atoms with Crippen LogP contribution in [0.5, 0.6) is 0 Å². The maximum atomic E-state index is 12.4. The zero-order valence-corrected chi connectivity index (χ0v) is 13.9. The van der Waals surface area contributed by atoms with Gasteiger partial charge in [-0.05, 0) is 25.1 Å². The highest BCUT2D eigenvalue weighted by atomic mass is 32.2. The molecule has 0 saturated carbocycles. The number of nitrogens with zero attached hydrogens (tertiary/aromatic N) is 3. The third kappa shape index (κ3) is 3.51. The van der Waals surface area contributed by atoms with Crippen molar-refractivity contribution in [1.82, 2.24) is 9.97 Å². The van der Waals surface area contributed by atoms with E-state index in [0.717, 1.165) is 27.4 Å². The van der Waals surface area contributed by atoms with Crippen molar-refractivity contribution >= 4 is 34.3 Å². The number of aryl methyl sites for hydroxylation is 1. The molecule has 0 saturated heterocycles. The number of benzene rings is 2. The van der Waals surface area contributed by atoms with Gasteiger partial charge in [-0.25, -0.2) is 9.97 Å². The molecule has 2 aromatic carbocycles. The van der Waals surface area contributed by atoms with Crippen molar-refractivity contribution in [1.29, 1.82) is 0 Å². The summed E-state index contributed by atoms with van der Waals surface area (Å²) >= 11 is 1.45. The molecule has 1 aromatic heterocycles. The van der Waals surface area contributed by atoms with Crippen LogP contribution in [0.2, 0.25) is 0 Å². The lowest BCUT2D eigenvalue weighted by Gasteiger charge is -2.17. The first-order chi connectivity index (χ1) is 11.1. The summed E-state index contributed by atoms with van der Waals surface area (Å²) in [5.41, 5.74) is 1.80. The van der Waals surface area contributed by atoms with Gasteiger partial charge in [0, 0.05) is 18.1 Å². The molecule has 1 amide bonds. The van der Waals surface area contributed by atoms with Crippen LogP contribution >= 0.6 is 11.8 Å². The van der Waals surface area contributed by atoms with Crippen LogP contribution in [-0.4, -0.2) is 28.7 Å². The van der Waals surface area contributed by atoms with Crippen LogP contribution in [0.15, 0.2) is 59.6 Å². The second-order valence-electron chi connectivity index (χ2n) is 5.17. The Hall–Kier alpha value is -2.40. The standard InChI is InChI=1S/C18H17N3OS/c1-13-19-16-11-7-6-10-15(16)18(20-13)23-12-17(22)21(2)14-8-4-3-5-9-14/h3-11H,12H2,1-2H3. The van der Waals surface area contributed by atoms with Gasteiger partial charge in [0.15, 0.2) is 0 Å². The minimum atomic E-state index is 0.0431. The molecule has 0 fully saturated rings. The molecule has 3 aromatic rings. The molecule has 0 aliphatic carbocycles. The van der Waals surface area contributed by atoms with Crippen LogP contribution in [0.1, 0.15) is 5.82 Å². The molecule has 0 N–H and O–H groups in total. The Morgan fingerprint density at radius 1 is 1.04 bits per heavy atom. The zero-order valence-electron chi connectivity index (χ0n) is 13.1. The number of rotatable bonds is 4. The fraction of sp³-hybridized carbons (Fsp3) is 0.167. The highest BCUT2D eigenvalue weighted by Gasteiger charge is 2.13. The summed E-state index contributed by atoms with van der Waals surface area (Å²) in [7, 11) is 1.79. The van der Waals surface area contributed by atoms with Gasteiger partial charge in [0.05, 0.1) is 11.3 Å². The SMILES string of the molecule is Cc1nc(SCC(=O)N(C)c2ccccc2)c2ccccc2n1. The molecule has 0 aliphatic rings. The summed E-state index contributed by atoms with van der Waals surface area (Å²) in [6, 6.07) is 17.5. The Balaban J connectivity index is 1.77. The van der Waals surface area contributed by atoms with Gasteiger partial charge in [-0.15, -0.1) is 0 Å². The third-order valence-corrected chi connectivity index (χ3v) is 4.51. The number of carbonyl (C=O) groups excluding carboxylic acids is 1. The van der Waals surface area contributed by atoms with Crippen molar-refractivity contribution in [2.75, 3.05) is 17.7 Å². The molecule has 0 atom stereocenters. The lowest BCUT2D eigenvalue weighted by atomic mass is 10.2. The molecular formula is C18H17N3OS. The quantitative estimate of drug-likeness (QED) is 0.542. The number of amides is 1. The van der Waals surface area contributed by atoms with E-state index in [-0.39, 0.29) is 5.91 Å². The normalized spacial score (nSPS) is 10.7. The van der Waals surface area contributed by atoms with Crippen LogP contribution in [0.4, 0.5) is 5.69 Å². The molecular weight excluding hydrogens is 306 g/mol. The van der Waals surface area contributed by atoms with E-state index >= 15 is 0 Å². The zero-order chi connectivity index (χ0) is 16.2. The Morgan fingerprint density at radius 3 is 2.52 bits per heavy atom. The number of fused-ring (bicyclic) bond motifs is 1. The number of anilines is 1. The van der Waals surface area contributed by atoms with Gasteiger partial charge >= 0.3 is 0 Å². The highest BCUT2D eigenvalue weighted by molar-refractivity contribution is 8.00. The van der Waals surface area contributed by atoms with Crippen LogP contribution in [0.25, 0.3) is 10.9 Å². The molecule has 116 valence electrons. The molecule has 0 aliphatic heterocycles. The fourth-order valence-electron chi connectivity index (χ4n) is 2.29. The minimum absolute atomic E-state index is 0.0431. The summed E-state index contributed by atoms with van der Waals surface area (Å²) in [4.78, 5) is 23.0. The molecule has 0 bridgehead atoms. The summed E-state index contributed by atoms with van der Waals surface area (Å²) in [5, 5.41) is 1.83. The smallest absolute Gasteiger partial charge is 0.237 e. The van der Waals surface area contributed by atoms with E-state index in [1.54, 1.807) is 11.9 Å². The van der Waals surface area contributed by atoms with Crippen molar-refractivity contribution in [3.8, 4) is 0 Å². The van der Waals surface area contributed by atoms with Crippen LogP contribution in [-0.2, 0) is 4.79 Å². The van der Waals surface area contributed by atoms with Crippen molar-refractivity contribution in [2.45, 2.75) is 11.9 Å². The Labute approximate surface area is 139 Å². The fourth-order valence-corrected chi connectivity index (χ4v) is 3.27. The van der Waals surface area contributed by atoms with E-state index in [4.69, 9.17) is 0 Å². The molecule has 3 rings (SSSR count). The average molecular weight is 323 g/mol. The Bertz CT molecular complexity index is 836. The van der Waals surface area contributed by atoms with Gasteiger partial charge < -0.3 is 4.90 Å². The first kappa shape index (κ1) is 15.5. The van der Waals surface area contributed by atoms with Gasteiger partial charge in [-0.3, -0.25) is 4.79 Å². The highest BCUT2D eigenvalue weighted by Crippen LogP contribution is 2.25. The molecule has 0 spiro atoms. The predicted octanol–water partition coefficient (Wildman–Crippen LogP) is 3.69. The second-order valence-corrected chi connectivity index (χ2v) is 6.13. The molecule has 23 heavy (non-hydrogen) atoms. The van der Waals surface area contributed by atoms with Crippen molar-refractivity contribution in [3.05, 3.63) is 60.4 Å². The van der Waals surface area contributed by atoms with Crippen molar-refractivity contribution in [3.63, 3.8) is 0 Å². The molecule has 0 radical (unpaired) electrons. The van der Waals surface area contributed by atoms with E-state index in [2.05, 4.69) is 9.97 Å². The largest absolute Gasteiger partial charge is 0.315 e. The topological polar surface area (TPSA) is 46.1 Å². The van der Waals surface area contributed by atoms with E-state index < -0.39 is 0 Å². The number of carbonyl (C=O) groups is 1. The van der Waals surface area contributed by atoms with E-state index in [1.165, 1.54) is 11.8 Å². The van der Waals surface area contributed by atoms with Crippen LogP contribution in [0.3, 0.4) is 0 Å². The van der Waals surface area contributed by atoms with Gasteiger partial charge in [-0.2, -0.15) is 0 Å². The third-order valence-electron chi connectivity index (χ3n) is 3.53. The molecule has 0 unspecified atom stereocenters. The van der Waals surface area contributed by atoms with Gasteiger partial charge in [0.1, 0.15) is 10.9 Å². The number of thioether (sulfide) groups is 1. The monoisotopic (exact) mass is 323 g/mol. The summed E-state index contributed by atoms with van der Waals surface area (Å²) in [6.07, 6.45) is 0. The van der Waals surface area contributed by atoms with Crippen molar-refractivity contribution < 1.29 is 4.79 Å². The van der Waals surface area contributed by atoms with Gasteiger partial charge in [0.25, 0.3) is 0 Å². The predicted molar refractivity (Wildman–Crippen MR) is 94.9 cm³/mol. The summed E-state index contributed by atoms with van der Waals surface area (Å²) < 4.78 is 0.